The molecule has 3 N–H and O–H groups in total. The number of nitrogens with one attached hydrogen (secondary N) is 3. The lowest BCUT2D eigenvalue weighted by Gasteiger charge is -2.27. The minimum Gasteiger partial charge on any atom is -0.379 e. The molecule has 1 amide bonds. The zero-order valence-electron chi connectivity index (χ0n) is 19.6. The Morgan fingerprint density at radius 3 is 2.44 bits per heavy atom. The van der Waals surface area contributed by atoms with Crippen molar-refractivity contribution in [3.05, 3.63) is 81.8 Å². The average molecular weight is 462 g/mol. The van der Waals surface area contributed by atoms with Gasteiger partial charge in [0.05, 0.1) is 13.2 Å². The van der Waals surface area contributed by atoms with Gasteiger partial charge in [-0.1, -0.05) is 30.3 Å². The number of aryl methyl sites for hydroxylation is 1. The number of anilines is 3. The fraction of sp³-hybridized carbons (Fsp3) is 0.346. The molecule has 1 saturated heterocycles. The highest BCUT2D eigenvalue weighted by atomic mass is 16.5. The van der Waals surface area contributed by atoms with Gasteiger partial charge in [0.2, 0.25) is 11.9 Å². The first-order valence-electron chi connectivity index (χ1n) is 11.6. The van der Waals surface area contributed by atoms with E-state index >= 15 is 0 Å². The number of benzene rings is 2. The molecule has 1 unspecified atom stereocenters. The third kappa shape index (κ3) is 6.02. The zero-order chi connectivity index (χ0) is 23.9. The molecule has 0 bridgehead atoms. The van der Waals surface area contributed by atoms with E-state index in [1.165, 1.54) is 5.56 Å². The molecule has 8 nitrogen and oxygen atoms in total. The molecular weight excluding hydrogens is 430 g/mol. The van der Waals surface area contributed by atoms with Crippen LogP contribution in [0.15, 0.2) is 59.4 Å². The minimum absolute atomic E-state index is 0.144. The summed E-state index contributed by atoms with van der Waals surface area (Å²) in [6.45, 7) is 6.56. The predicted molar refractivity (Wildman–Crippen MR) is 134 cm³/mol. The molecule has 0 radical (unpaired) electrons. The molecule has 2 aromatic carbocycles. The lowest BCUT2D eigenvalue weighted by atomic mass is 10.1. The zero-order valence-corrected chi connectivity index (χ0v) is 19.6. The molecule has 0 saturated carbocycles. The number of H-pyrrole nitrogens is 1. The second kappa shape index (κ2) is 11.0. The van der Waals surface area contributed by atoms with Crippen LogP contribution in [0.2, 0.25) is 0 Å². The lowest BCUT2D eigenvalue weighted by molar-refractivity contribution is -0.116. The molecule has 1 aromatic heterocycles. The molecule has 178 valence electrons. The average Bonchev–Trinajstić information content (AvgIpc) is 2.85. The van der Waals surface area contributed by atoms with Crippen LogP contribution in [0.3, 0.4) is 0 Å². The molecule has 1 aliphatic heterocycles. The van der Waals surface area contributed by atoms with Crippen LogP contribution < -0.4 is 21.1 Å². The summed E-state index contributed by atoms with van der Waals surface area (Å²) < 4.78 is 5.35. The third-order valence-electron chi connectivity index (χ3n) is 5.97. The van der Waals surface area contributed by atoms with Crippen LogP contribution in [-0.4, -0.2) is 42.2 Å². The van der Waals surface area contributed by atoms with Crippen molar-refractivity contribution in [1.82, 2.24) is 9.97 Å². The summed E-state index contributed by atoms with van der Waals surface area (Å²) in [4.78, 5) is 34.5. The molecule has 1 aliphatic rings. The van der Waals surface area contributed by atoms with Gasteiger partial charge in [-0.3, -0.25) is 14.6 Å². The van der Waals surface area contributed by atoms with Crippen LogP contribution >= 0.6 is 0 Å². The van der Waals surface area contributed by atoms with Gasteiger partial charge in [0.15, 0.2) is 0 Å². The highest BCUT2D eigenvalue weighted by Gasteiger charge is 2.17. The second-order valence-electron chi connectivity index (χ2n) is 8.46. The molecule has 0 spiro atoms. The summed E-state index contributed by atoms with van der Waals surface area (Å²) in [5.41, 5.74) is 3.90. The lowest BCUT2D eigenvalue weighted by Crippen LogP contribution is -2.38. The summed E-state index contributed by atoms with van der Waals surface area (Å²) in [7, 11) is 0. The highest BCUT2D eigenvalue weighted by Crippen LogP contribution is 2.21. The number of morpholine rings is 1. The molecule has 1 fully saturated rings. The number of aromatic nitrogens is 2. The predicted octanol–water partition coefficient (Wildman–Crippen LogP) is 3.66. The topological polar surface area (TPSA) is 99.4 Å². The Hall–Kier alpha value is -3.65. The molecule has 34 heavy (non-hydrogen) atoms. The number of ether oxygens (including phenoxy) is 1. The Balaban J connectivity index is 1.30. The van der Waals surface area contributed by atoms with Crippen molar-refractivity contribution in [2.75, 3.05) is 41.8 Å². The SMILES string of the molecule is Cc1nc(N2CCOCC2)[nH]c(=O)c1CCC(=O)Nc1ccc(NC(C)c2ccccc2)cc1. The number of nitrogens with zero attached hydrogens (tertiary/aromatic N) is 2. The Bertz CT molecular complexity index is 1160. The van der Waals surface area contributed by atoms with Crippen molar-refractivity contribution in [1.29, 1.82) is 0 Å². The van der Waals surface area contributed by atoms with Crippen molar-refractivity contribution in [2.45, 2.75) is 32.7 Å². The van der Waals surface area contributed by atoms with Crippen molar-refractivity contribution in [3.8, 4) is 0 Å². The van der Waals surface area contributed by atoms with E-state index in [0.717, 1.165) is 5.69 Å². The number of hydrogen-bond acceptors (Lipinski definition) is 6. The Kier molecular flexibility index (Phi) is 7.59. The number of carbonyl (C=O) groups excluding carboxylic acids is 1. The molecule has 1 atom stereocenters. The second-order valence-corrected chi connectivity index (χ2v) is 8.46. The maximum Gasteiger partial charge on any atom is 0.255 e. The quantitative estimate of drug-likeness (QED) is 0.474. The van der Waals surface area contributed by atoms with Gasteiger partial charge in [-0.05, 0) is 50.1 Å². The van der Waals surface area contributed by atoms with Gasteiger partial charge in [-0.2, -0.15) is 0 Å². The highest BCUT2D eigenvalue weighted by molar-refractivity contribution is 5.91. The number of aromatic amines is 1. The van der Waals surface area contributed by atoms with Crippen LogP contribution in [-0.2, 0) is 16.0 Å². The van der Waals surface area contributed by atoms with Gasteiger partial charge < -0.3 is 20.3 Å². The van der Waals surface area contributed by atoms with Gasteiger partial charge in [-0.25, -0.2) is 4.98 Å². The number of amides is 1. The molecule has 8 heteroatoms. The van der Waals surface area contributed by atoms with E-state index in [1.807, 2.05) is 54.3 Å². The first kappa shape index (κ1) is 23.5. The van der Waals surface area contributed by atoms with E-state index in [1.54, 1.807) is 0 Å². The van der Waals surface area contributed by atoms with Gasteiger partial charge in [0.1, 0.15) is 0 Å². The van der Waals surface area contributed by atoms with Crippen molar-refractivity contribution >= 4 is 23.2 Å². The van der Waals surface area contributed by atoms with Crippen LogP contribution in [0.4, 0.5) is 17.3 Å². The summed E-state index contributed by atoms with van der Waals surface area (Å²) in [6.07, 6.45) is 0.533. The van der Waals surface area contributed by atoms with Gasteiger partial charge in [-0.15, -0.1) is 0 Å². The van der Waals surface area contributed by atoms with Gasteiger partial charge in [0.25, 0.3) is 5.56 Å². The number of rotatable bonds is 8. The first-order chi connectivity index (χ1) is 16.5. The smallest absolute Gasteiger partial charge is 0.255 e. The summed E-state index contributed by atoms with van der Waals surface area (Å²) in [6, 6.07) is 18.0. The van der Waals surface area contributed by atoms with Crippen LogP contribution in [0.25, 0.3) is 0 Å². The Labute approximate surface area is 199 Å². The van der Waals surface area contributed by atoms with E-state index in [2.05, 4.69) is 39.7 Å². The van der Waals surface area contributed by atoms with E-state index in [9.17, 15) is 9.59 Å². The molecule has 2 heterocycles. The van der Waals surface area contributed by atoms with Crippen molar-refractivity contribution in [2.24, 2.45) is 0 Å². The van der Waals surface area contributed by atoms with Crippen LogP contribution in [0, 0.1) is 6.92 Å². The molecule has 0 aliphatic carbocycles. The summed E-state index contributed by atoms with van der Waals surface area (Å²) >= 11 is 0. The standard InChI is InChI=1S/C26H31N5O3/c1-18(20-6-4-3-5-7-20)27-21-8-10-22(11-9-21)29-24(32)13-12-23-19(2)28-26(30-25(23)33)31-14-16-34-17-15-31/h3-11,18,27H,12-17H2,1-2H3,(H,29,32)(H,28,30,33). The number of carbonyl (C=O) groups is 1. The van der Waals surface area contributed by atoms with Crippen molar-refractivity contribution < 1.29 is 9.53 Å². The minimum atomic E-state index is -0.190. The normalized spacial score (nSPS) is 14.5. The fourth-order valence-corrected chi connectivity index (χ4v) is 4.00. The van der Waals surface area contributed by atoms with Gasteiger partial charge >= 0.3 is 0 Å². The largest absolute Gasteiger partial charge is 0.379 e. The van der Waals surface area contributed by atoms with E-state index in [4.69, 9.17) is 4.74 Å². The maximum atomic E-state index is 12.6. The van der Waals surface area contributed by atoms with Crippen LogP contribution in [0.1, 0.15) is 36.2 Å². The summed E-state index contributed by atoms with van der Waals surface area (Å²) in [5.74, 6) is 0.420. The van der Waals surface area contributed by atoms with Crippen molar-refractivity contribution in [3.63, 3.8) is 0 Å². The monoisotopic (exact) mass is 461 g/mol. The Morgan fingerprint density at radius 1 is 1.09 bits per heavy atom. The third-order valence-corrected chi connectivity index (χ3v) is 5.97. The molecular formula is C26H31N5O3. The fourth-order valence-electron chi connectivity index (χ4n) is 4.00. The Morgan fingerprint density at radius 2 is 1.76 bits per heavy atom. The molecule has 3 aromatic rings. The first-order valence-corrected chi connectivity index (χ1v) is 11.6. The van der Waals surface area contributed by atoms with Crippen LogP contribution in [0.5, 0.6) is 0 Å². The van der Waals surface area contributed by atoms with Gasteiger partial charge in [0, 0.05) is 48.2 Å². The number of hydrogen-bond donors (Lipinski definition) is 3. The van der Waals surface area contributed by atoms with E-state index < -0.39 is 0 Å². The maximum absolute atomic E-state index is 12.6. The molecule has 4 rings (SSSR count). The van der Waals surface area contributed by atoms with E-state index in [-0.39, 0.29) is 23.9 Å². The summed E-state index contributed by atoms with van der Waals surface area (Å²) in [5, 5.41) is 6.36. The van der Waals surface area contributed by atoms with E-state index in [0.29, 0.717) is 55.6 Å².